The molecular weight excluding hydrogens is 424 g/mol. The van der Waals surface area contributed by atoms with E-state index in [0.29, 0.717) is 0 Å². The third kappa shape index (κ3) is 5.11. The number of hydrogen-bond donors (Lipinski definition) is 2. The summed E-state index contributed by atoms with van der Waals surface area (Å²) in [7, 11) is 0. The first-order valence-electron chi connectivity index (χ1n) is 10.4. The first-order valence-corrected chi connectivity index (χ1v) is 11.6. The van der Waals surface area contributed by atoms with Crippen molar-refractivity contribution in [1.29, 1.82) is 0 Å². The Morgan fingerprint density at radius 3 is 2.25 bits per heavy atom. The summed E-state index contributed by atoms with van der Waals surface area (Å²) in [5.41, 5.74) is 5.66. The van der Waals surface area contributed by atoms with Crippen LogP contribution in [-0.2, 0) is 16.0 Å². The van der Waals surface area contributed by atoms with E-state index in [9.17, 15) is 14.7 Å². The number of aryl methyl sites for hydroxylation is 1. The number of carboxylic acid groups (broad SMARTS) is 1. The number of carboxylic acids is 1. The Morgan fingerprint density at radius 1 is 1.00 bits per heavy atom. The van der Waals surface area contributed by atoms with Crippen molar-refractivity contribution in [2.24, 2.45) is 0 Å². The molecule has 1 amide bonds. The number of rotatable bonds is 9. The van der Waals surface area contributed by atoms with E-state index in [1.54, 1.807) is 12.4 Å². The maximum atomic E-state index is 12.4. The van der Waals surface area contributed by atoms with E-state index in [2.05, 4.69) is 22.4 Å². The molecule has 1 heterocycles. The number of carbonyl (C=O) groups excluding carboxylic acids is 1. The lowest BCUT2D eigenvalue weighted by atomic mass is 9.98. The molecule has 1 aromatic heterocycles. The Labute approximate surface area is 191 Å². The van der Waals surface area contributed by atoms with E-state index in [-0.39, 0.29) is 18.3 Å². The maximum Gasteiger partial charge on any atom is 0.407 e. The average Bonchev–Trinajstić information content (AvgIpc) is 3.14. The van der Waals surface area contributed by atoms with Crippen LogP contribution in [0.25, 0.3) is 11.1 Å². The number of thioether (sulfide) groups is 1. The number of nitrogens with one attached hydrogen (secondary N) is 1. The van der Waals surface area contributed by atoms with Crippen molar-refractivity contribution in [1.82, 2.24) is 10.3 Å². The molecule has 3 aromatic rings. The molecule has 2 N–H and O–H groups in total. The lowest BCUT2D eigenvalue weighted by Gasteiger charge is -2.17. The van der Waals surface area contributed by atoms with E-state index >= 15 is 0 Å². The first-order chi connectivity index (χ1) is 15.6. The van der Waals surface area contributed by atoms with Crippen LogP contribution in [0.2, 0.25) is 0 Å². The van der Waals surface area contributed by atoms with Gasteiger partial charge in [0.1, 0.15) is 12.6 Å². The van der Waals surface area contributed by atoms with Gasteiger partial charge in [-0.05, 0) is 52.1 Å². The zero-order valence-corrected chi connectivity index (χ0v) is 18.3. The minimum Gasteiger partial charge on any atom is -0.480 e. The van der Waals surface area contributed by atoms with Crippen molar-refractivity contribution in [2.45, 2.75) is 18.4 Å². The summed E-state index contributed by atoms with van der Waals surface area (Å²) in [6.07, 6.45) is 3.57. The third-order valence-corrected chi connectivity index (χ3v) is 6.56. The number of aliphatic carboxylic acids is 1. The molecular formula is C25H24N2O4S. The van der Waals surface area contributed by atoms with Crippen molar-refractivity contribution >= 4 is 23.8 Å². The summed E-state index contributed by atoms with van der Waals surface area (Å²) in [6, 6.07) is 19.0. The van der Waals surface area contributed by atoms with Crippen LogP contribution in [0.1, 0.15) is 22.6 Å². The van der Waals surface area contributed by atoms with Gasteiger partial charge in [-0.25, -0.2) is 9.59 Å². The predicted molar refractivity (Wildman–Crippen MR) is 125 cm³/mol. The number of ether oxygens (including phenoxy) is 1. The van der Waals surface area contributed by atoms with Gasteiger partial charge in [0.25, 0.3) is 0 Å². The smallest absolute Gasteiger partial charge is 0.407 e. The van der Waals surface area contributed by atoms with E-state index in [1.165, 1.54) is 11.8 Å². The number of fused-ring (bicyclic) bond motifs is 3. The Balaban J connectivity index is 1.30. The highest BCUT2D eigenvalue weighted by Crippen LogP contribution is 2.44. The molecule has 1 atom stereocenters. The predicted octanol–water partition coefficient (Wildman–Crippen LogP) is 4.35. The number of amides is 1. The fourth-order valence-corrected chi connectivity index (χ4v) is 4.91. The lowest BCUT2D eigenvalue weighted by molar-refractivity contribution is -0.138. The van der Waals surface area contributed by atoms with Crippen molar-refractivity contribution in [3.63, 3.8) is 0 Å². The van der Waals surface area contributed by atoms with Crippen molar-refractivity contribution in [2.75, 3.05) is 18.1 Å². The second-order valence-electron chi connectivity index (χ2n) is 7.54. The second kappa shape index (κ2) is 10.3. The van der Waals surface area contributed by atoms with E-state index in [4.69, 9.17) is 4.74 Å². The van der Waals surface area contributed by atoms with Crippen LogP contribution in [0, 0.1) is 0 Å². The van der Waals surface area contributed by atoms with Crippen LogP contribution in [0.3, 0.4) is 0 Å². The Bertz CT molecular complexity index is 1040. The monoisotopic (exact) mass is 448 g/mol. The molecule has 0 fully saturated rings. The summed E-state index contributed by atoms with van der Waals surface area (Å²) >= 11 is 1.48. The zero-order chi connectivity index (χ0) is 22.3. The normalized spacial score (nSPS) is 13.1. The zero-order valence-electron chi connectivity index (χ0n) is 17.4. The molecule has 32 heavy (non-hydrogen) atoms. The molecule has 0 spiro atoms. The molecule has 164 valence electrons. The third-order valence-electron chi connectivity index (χ3n) is 5.50. The first kappa shape index (κ1) is 21.9. The van der Waals surface area contributed by atoms with Gasteiger partial charge in [0.2, 0.25) is 0 Å². The van der Waals surface area contributed by atoms with Crippen molar-refractivity contribution < 1.29 is 19.4 Å². The fourth-order valence-electron chi connectivity index (χ4n) is 3.90. The van der Waals surface area contributed by atoms with E-state index in [1.807, 2.05) is 48.5 Å². The minimum atomic E-state index is -1.07. The molecule has 0 aliphatic heterocycles. The second-order valence-corrected chi connectivity index (χ2v) is 8.69. The molecule has 0 bridgehead atoms. The molecule has 1 aliphatic carbocycles. The molecule has 0 radical (unpaired) electrons. The van der Waals surface area contributed by atoms with Crippen LogP contribution in [0.4, 0.5) is 4.79 Å². The van der Waals surface area contributed by atoms with Crippen LogP contribution in [0.15, 0.2) is 73.1 Å². The van der Waals surface area contributed by atoms with Gasteiger partial charge < -0.3 is 15.2 Å². The fraction of sp³-hybridized carbons (Fsp3) is 0.240. The quantitative estimate of drug-likeness (QED) is 0.473. The number of nitrogens with zero attached hydrogens (tertiary/aromatic N) is 1. The van der Waals surface area contributed by atoms with Crippen molar-refractivity contribution in [3.05, 3.63) is 89.7 Å². The van der Waals surface area contributed by atoms with Crippen LogP contribution >= 0.6 is 11.8 Å². The molecule has 4 rings (SSSR count). The molecule has 0 saturated carbocycles. The summed E-state index contributed by atoms with van der Waals surface area (Å²) in [6.45, 7) is 0.154. The number of pyridine rings is 1. The van der Waals surface area contributed by atoms with Gasteiger partial charge in [-0.1, -0.05) is 48.5 Å². The standard InChI is InChI=1S/C25H24N2O4S/c28-24(29)23(16-32-14-11-17-9-12-26-13-10-17)27-25(30)31-15-22-20-7-3-1-5-18(20)19-6-2-4-8-21(19)22/h1-10,12-13,22-23H,11,14-16H2,(H,27,30)(H,28,29)/t23-/m1/s1. The molecule has 1 aliphatic rings. The van der Waals surface area contributed by atoms with Gasteiger partial charge in [0, 0.05) is 24.1 Å². The largest absolute Gasteiger partial charge is 0.480 e. The number of hydrogen-bond acceptors (Lipinski definition) is 5. The lowest BCUT2D eigenvalue weighted by Crippen LogP contribution is -2.43. The average molecular weight is 449 g/mol. The van der Waals surface area contributed by atoms with Crippen molar-refractivity contribution in [3.8, 4) is 11.1 Å². The number of aromatic nitrogens is 1. The summed E-state index contributed by atoms with van der Waals surface area (Å²) in [5.74, 6) is -0.119. The minimum absolute atomic E-state index is 0.0637. The van der Waals surface area contributed by atoms with Gasteiger partial charge in [0.05, 0.1) is 0 Å². The number of carbonyl (C=O) groups is 2. The SMILES string of the molecule is O=C(N[C@H](CSCCc1ccncc1)C(=O)O)OCC1c2ccccc2-c2ccccc21. The Kier molecular flexibility index (Phi) is 7.07. The molecule has 7 heteroatoms. The molecule has 2 aromatic carbocycles. The summed E-state index contributed by atoms with van der Waals surface area (Å²) in [4.78, 5) is 28.0. The highest BCUT2D eigenvalue weighted by atomic mass is 32.2. The van der Waals surface area contributed by atoms with Crippen LogP contribution in [0.5, 0.6) is 0 Å². The van der Waals surface area contributed by atoms with Gasteiger partial charge in [0.15, 0.2) is 0 Å². The highest BCUT2D eigenvalue weighted by Gasteiger charge is 2.29. The van der Waals surface area contributed by atoms with Gasteiger partial charge >= 0.3 is 12.1 Å². The van der Waals surface area contributed by atoms with Gasteiger partial charge in [-0.2, -0.15) is 11.8 Å². The maximum absolute atomic E-state index is 12.4. The number of benzene rings is 2. The Hall–Kier alpha value is -3.32. The molecule has 0 saturated heterocycles. The van der Waals surface area contributed by atoms with Crippen LogP contribution in [-0.4, -0.2) is 46.3 Å². The van der Waals surface area contributed by atoms with E-state index < -0.39 is 18.1 Å². The number of alkyl carbamates (subject to hydrolysis) is 1. The molecule has 6 nitrogen and oxygen atoms in total. The Morgan fingerprint density at radius 2 is 1.62 bits per heavy atom. The summed E-state index contributed by atoms with van der Waals surface area (Å²) < 4.78 is 5.47. The van der Waals surface area contributed by atoms with Gasteiger partial charge in [-0.15, -0.1) is 0 Å². The van der Waals surface area contributed by atoms with Gasteiger partial charge in [-0.3, -0.25) is 4.98 Å². The van der Waals surface area contributed by atoms with E-state index in [0.717, 1.165) is 40.0 Å². The summed E-state index contributed by atoms with van der Waals surface area (Å²) in [5, 5.41) is 12.0. The molecule has 0 unspecified atom stereocenters. The van der Waals surface area contributed by atoms with Crippen LogP contribution < -0.4 is 5.32 Å². The topological polar surface area (TPSA) is 88.5 Å². The highest BCUT2D eigenvalue weighted by molar-refractivity contribution is 7.99.